The topological polar surface area (TPSA) is 93.5 Å². The number of amides is 1. The number of methoxy groups -OCH3 is 1. The summed E-state index contributed by atoms with van der Waals surface area (Å²) < 4.78 is 10.9. The summed E-state index contributed by atoms with van der Waals surface area (Å²) in [6, 6.07) is 16.7. The Labute approximate surface area is 203 Å². The van der Waals surface area contributed by atoms with Crippen LogP contribution in [-0.4, -0.2) is 23.8 Å². The van der Waals surface area contributed by atoms with Gasteiger partial charge in [0.25, 0.3) is 5.91 Å². The number of nitrogens with zero attached hydrogens (tertiary/aromatic N) is 1. The smallest absolute Gasteiger partial charge is 0.255 e. The zero-order valence-electron chi connectivity index (χ0n) is 19.9. The van der Waals surface area contributed by atoms with Gasteiger partial charge >= 0.3 is 0 Å². The maximum absolute atomic E-state index is 13.6. The second-order valence-electron chi connectivity index (χ2n) is 8.92. The summed E-state index contributed by atoms with van der Waals surface area (Å²) in [5, 5.41) is 6.31. The standard InChI is InChI=1S/C28H27N3O4/c1-16-6-4-8-24(29-16)31-28(33)25-17(2)30-21-14-19(23-7-5-13-35-23)15-22(32)27(21)26(25)18-9-11-20(34-3)12-10-18/h4-13,19,26,30H,14-15H2,1-3H3,(H,29,31,33)/t19-,26-/m1/s1. The number of carbonyl (C=O) groups excluding carboxylic acids is 2. The van der Waals surface area contributed by atoms with E-state index in [1.165, 1.54) is 0 Å². The van der Waals surface area contributed by atoms with Crippen LogP contribution < -0.4 is 15.4 Å². The minimum absolute atomic E-state index is 0.00690. The van der Waals surface area contributed by atoms with Crippen LogP contribution >= 0.6 is 0 Å². The van der Waals surface area contributed by atoms with E-state index in [4.69, 9.17) is 9.15 Å². The summed E-state index contributed by atoms with van der Waals surface area (Å²) >= 11 is 0. The van der Waals surface area contributed by atoms with Gasteiger partial charge in [-0.2, -0.15) is 0 Å². The highest BCUT2D eigenvalue weighted by Gasteiger charge is 2.41. The van der Waals surface area contributed by atoms with Gasteiger partial charge in [-0.3, -0.25) is 9.59 Å². The van der Waals surface area contributed by atoms with Gasteiger partial charge in [-0.25, -0.2) is 4.98 Å². The molecule has 0 saturated carbocycles. The monoisotopic (exact) mass is 469 g/mol. The molecule has 0 fully saturated rings. The van der Waals surface area contributed by atoms with E-state index in [9.17, 15) is 9.59 Å². The molecule has 0 spiro atoms. The van der Waals surface area contributed by atoms with Gasteiger partial charge in [0.2, 0.25) is 0 Å². The molecule has 1 aromatic carbocycles. The Balaban J connectivity index is 1.56. The quantitative estimate of drug-likeness (QED) is 0.547. The van der Waals surface area contributed by atoms with E-state index < -0.39 is 5.92 Å². The van der Waals surface area contributed by atoms with Crippen LogP contribution in [0.5, 0.6) is 5.75 Å². The molecule has 0 radical (unpaired) electrons. The Kier molecular flexibility index (Phi) is 5.99. The number of allylic oxidation sites excluding steroid dienone is 3. The lowest BCUT2D eigenvalue weighted by molar-refractivity contribution is -0.116. The molecule has 0 bridgehead atoms. The van der Waals surface area contributed by atoms with Crippen molar-refractivity contribution in [2.45, 2.75) is 38.5 Å². The molecular weight excluding hydrogens is 442 g/mol. The number of aromatic nitrogens is 1. The van der Waals surface area contributed by atoms with Gasteiger partial charge in [-0.05, 0) is 62.2 Å². The van der Waals surface area contributed by atoms with Crippen molar-refractivity contribution in [3.8, 4) is 5.75 Å². The number of ketones is 1. The molecule has 7 heteroatoms. The van der Waals surface area contributed by atoms with Crippen LogP contribution in [0.4, 0.5) is 5.82 Å². The molecule has 3 aromatic rings. The lowest BCUT2D eigenvalue weighted by Crippen LogP contribution is -2.37. The first-order chi connectivity index (χ1) is 16.9. The molecule has 2 N–H and O–H groups in total. The fourth-order valence-corrected chi connectivity index (χ4v) is 4.99. The van der Waals surface area contributed by atoms with Crippen LogP contribution in [-0.2, 0) is 9.59 Å². The predicted molar refractivity (Wildman–Crippen MR) is 132 cm³/mol. The minimum atomic E-state index is -0.507. The van der Waals surface area contributed by atoms with Gasteiger partial charge in [0.1, 0.15) is 17.3 Å². The Morgan fingerprint density at radius 1 is 1.09 bits per heavy atom. The summed E-state index contributed by atoms with van der Waals surface area (Å²) in [7, 11) is 1.61. The normalized spacial score (nSPS) is 19.8. The maximum atomic E-state index is 13.6. The molecule has 2 atom stereocenters. The molecule has 5 rings (SSSR count). The molecule has 1 aliphatic heterocycles. The molecule has 178 valence electrons. The van der Waals surface area contributed by atoms with E-state index in [2.05, 4.69) is 15.6 Å². The fourth-order valence-electron chi connectivity index (χ4n) is 4.99. The van der Waals surface area contributed by atoms with Crippen molar-refractivity contribution in [1.82, 2.24) is 10.3 Å². The maximum Gasteiger partial charge on any atom is 0.255 e. The summed E-state index contributed by atoms with van der Waals surface area (Å²) in [5.74, 6) is 1.14. The number of hydrogen-bond acceptors (Lipinski definition) is 6. The molecule has 35 heavy (non-hydrogen) atoms. The number of dihydropyridines is 1. The van der Waals surface area contributed by atoms with Gasteiger partial charge in [0, 0.05) is 46.5 Å². The number of carbonyl (C=O) groups is 2. The number of hydrogen-bond donors (Lipinski definition) is 2. The van der Waals surface area contributed by atoms with Crippen LogP contribution in [0, 0.1) is 6.92 Å². The van der Waals surface area contributed by atoms with E-state index in [0.29, 0.717) is 41.3 Å². The second-order valence-corrected chi connectivity index (χ2v) is 8.92. The Bertz CT molecular complexity index is 1340. The van der Waals surface area contributed by atoms with E-state index in [1.54, 1.807) is 19.4 Å². The van der Waals surface area contributed by atoms with E-state index >= 15 is 0 Å². The molecule has 1 amide bonds. The minimum Gasteiger partial charge on any atom is -0.497 e. The van der Waals surface area contributed by atoms with E-state index in [1.807, 2.05) is 62.4 Å². The second kappa shape index (κ2) is 9.25. The first-order valence-corrected chi connectivity index (χ1v) is 11.6. The highest BCUT2D eigenvalue weighted by molar-refractivity contribution is 6.09. The lowest BCUT2D eigenvalue weighted by Gasteiger charge is -2.36. The molecule has 0 unspecified atom stereocenters. The SMILES string of the molecule is COc1ccc([C@@H]2C(C(=O)Nc3cccc(C)n3)=C(C)NC3=C2C(=O)C[C@H](c2ccco2)C3)cc1. The number of furan rings is 1. The van der Waals surface area contributed by atoms with Gasteiger partial charge in [0.05, 0.1) is 13.4 Å². The van der Waals surface area contributed by atoms with Crippen molar-refractivity contribution in [2.24, 2.45) is 0 Å². The number of Topliss-reactive ketones (excluding diaryl/α,β-unsaturated/α-hetero) is 1. The van der Waals surface area contributed by atoms with Crippen LogP contribution in [0.1, 0.15) is 48.6 Å². The third-order valence-electron chi connectivity index (χ3n) is 6.60. The molecular formula is C28H27N3O4. The number of aryl methyl sites for hydroxylation is 1. The molecule has 2 aromatic heterocycles. The van der Waals surface area contributed by atoms with Gasteiger partial charge in [-0.15, -0.1) is 0 Å². The van der Waals surface area contributed by atoms with Crippen LogP contribution in [0.2, 0.25) is 0 Å². The predicted octanol–water partition coefficient (Wildman–Crippen LogP) is 4.99. The third kappa shape index (κ3) is 4.37. The zero-order chi connectivity index (χ0) is 24.5. The van der Waals surface area contributed by atoms with Gasteiger partial charge in [0.15, 0.2) is 5.78 Å². The van der Waals surface area contributed by atoms with Crippen molar-refractivity contribution < 1.29 is 18.7 Å². The number of benzene rings is 1. The first-order valence-electron chi connectivity index (χ1n) is 11.6. The number of rotatable bonds is 5. The Morgan fingerprint density at radius 2 is 1.89 bits per heavy atom. The Hall–Kier alpha value is -4.13. The van der Waals surface area contributed by atoms with Crippen molar-refractivity contribution in [2.75, 3.05) is 12.4 Å². The van der Waals surface area contributed by atoms with Crippen molar-refractivity contribution >= 4 is 17.5 Å². The summed E-state index contributed by atoms with van der Waals surface area (Å²) in [6.45, 7) is 3.75. The summed E-state index contributed by atoms with van der Waals surface area (Å²) in [5.41, 5.74) is 4.34. The lowest BCUT2D eigenvalue weighted by atomic mass is 9.72. The fraction of sp³-hybridized carbons (Fsp3) is 0.250. The van der Waals surface area contributed by atoms with Crippen molar-refractivity contribution in [1.29, 1.82) is 0 Å². The van der Waals surface area contributed by atoms with E-state index in [-0.39, 0.29) is 17.6 Å². The first kappa shape index (κ1) is 22.7. The summed E-state index contributed by atoms with van der Waals surface area (Å²) in [6.07, 6.45) is 2.59. The molecule has 2 aliphatic rings. The molecule has 3 heterocycles. The number of anilines is 1. The molecule has 0 saturated heterocycles. The van der Waals surface area contributed by atoms with Gasteiger partial charge in [-0.1, -0.05) is 18.2 Å². The molecule has 7 nitrogen and oxygen atoms in total. The van der Waals surface area contributed by atoms with Crippen LogP contribution in [0.15, 0.2) is 87.8 Å². The number of nitrogens with one attached hydrogen (secondary N) is 2. The average Bonchev–Trinajstić information content (AvgIpc) is 3.38. The van der Waals surface area contributed by atoms with Crippen LogP contribution in [0.25, 0.3) is 0 Å². The number of pyridine rings is 1. The van der Waals surface area contributed by atoms with Crippen molar-refractivity contribution in [3.05, 3.63) is 100 Å². The number of ether oxygens (including phenoxy) is 1. The van der Waals surface area contributed by atoms with Crippen molar-refractivity contribution in [3.63, 3.8) is 0 Å². The highest BCUT2D eigenvalue weighted by Crippen LogP contribution is 2.45. The Morgan fingerprint density at radius 3 is 2.57 bits per heavy atom. The average molecular weight is 470 g/mol. The van der Waals surface area contributed by atoms with E-state index in [0.717, 1.165) is 22.7 Å². The molecule has 1 aliphatic carbocycles. The largest absolute Gasteiger partial charge is 0.497 e. The zero-order valence-corrected chi connectivity index (χ0v) is 19.9. The highest BCUT2D eigenvalue weighted by atomic mass is 16.5. The van der Waals surface area contributed by atoms with Gasteiger partial charge < -0.3 is 19.8 Å². The summed E-state index contributed by atoms with van der Waals surface area (Å²) in [4.78, 5) is 31.6. The van der Waals surface area contributed by atoms with Crippen LogP contribution in [0.3, 0.4) is 0 Å². The third-order valence-corrected chi connectivity index (χ3v) is 6.60.